The van der Waals surface area contributed by atoms with Gasteiger partial charge in [-0.2, -0.15) is 0 Å². The number of hydrogen-bond acceptors (Lipinski definition) is 0. The normalized spacial score (nSPS) is 20.2. The van der Waals surface area contributed by atoms with Crippen molar-refractivity contribution in [3.8, 4) is 0 Å². The summed E-state index contributed by atoms with van der Waals surface area (Å²) >= 11 is 0. The number of unbranched alkanes of at least 4 members (excludes halogenated alkanes) is 5. The molecule has 1 fully saturated rings. The first-order chi connectivity index (χ1) is 9.93. The van der Waals surface area contributed by atoms with Gasteiger partial charge in [-0.15, -0.1) is 8.58 Å². The standard InChI is InChI=1S/C19H39P/c1-2-3-4-5-12-15-18-20-19-16-13-10-8-6-7-9-11-14-17-19/h19-20H,2-18H2,1H3. The predicted octanol–water partition coefficient (Wildman–Crippen LogP) is 7.31. The van der Waals surface area contributed by atoms with Crippen molar-refractivity contribution < 1.29 is 0 Å². The van der Waals surface area contributed by atoms with Crippen molar-refractivity contribution in [3.63, 3.8) is 0 Å². The van der Waals surface area contributed by atoms with E-state index in [0.29, 0.717) is 0 Å². The van der Waals surface area contributed by atoms with Gasteiger partial charge in [-0.05, 0) is 31.1 Å². The van der Waals surface area contributed by atoms with Crippen molar-refractivity contribution in [2.45, 2.75) is 115 Å². The summed E-state index contributed by atoms with van der Waals surface area (Å²) in [5.41, 5.74) is 1.10. The molecule has 1 heteroatoms. The van der Waals surface area contributed by atoms with E-state index in [0.717, 1.165) is 5.66 Å². The molecule has 1 saturated carbocycles. The smallest absolute Gasteiger partial charge is 0.0237 e. The topological polar surface area (TPSA) is 0 Å². The van der Waals surface area contributed by atoms with E-state index in [1.165, 1.54) is 105 Å². The third kappa shape index (κ3) is 11.1. The highest BCUT2D eigenvalue weighted by Gasteiger charge is 2.09. The zero-order valence-electron chi connectivity index (χ0n) is 14.1. The highest BCUT2D eigenvalue weighted by atomic mass is 31.1. The molecule has 0 heterocycles. The van der Waals surface area contributed by atoms with Crippen LogP contribution in [0.5, 0.6) is 0 Å². The molecule has 0 bridgehead atoms. The van der Waals surface area contributed by atoms with Crippen LogP contribution in [0.3, 0.4) is 0 Å². The molecule has 0 aromatic heterocycles. The number of rotatable bonds is 8. The second-order valence-electron chi connectivity index (χ2n) is 6.82. The van der Waals surface area contributed by atoms with Gasteiger partial charge in [0.25, 0.3) is 0 Å². The van der Waals surface area contributed by atoms with Gasteiger partial charge in [-0.1, -0.05) is 90.4 Å². The van der Waals surface area contributed by atoms with Gasteiger partial charge in [0.05, 0.1) is 0 Å². The van der Waals surface area contributed by atoms with Gasteiger partial charge < -0.3 is 0 Å². The van der Waals surface area contributed by atoms with Crippen LogP contribution in [0.4, 0.5) is 0 Å². The molecule has 20 heavy (non-hydrogen) atoms. The zero-order chi connectivity index (χ0) is 14.3. The molecule has 1 atom stereocenters. The van der Waals surface area contributed by atoms with Crippen LogP contribution in [0.25, 0.3) is 0 Å². The molecular formula is C19H39P. The van der Waals surface area contributed by atoms with Gasteiger partial charge in [0, 0.05) is 0 Å². The van der Waals surface area contributed by atoms with Crippen LogP contribution >= 0.6 is 8.58 Å². The molecule has 1 unspecified atom stereocenters. The largest absolute Gasteiger partial charge is 0.119 e. The first-order valence-corrected chi connectivity index (χ1v) is 11.0. The lowest BCUT2D eigenvalue weighted by atomic mass is 10.1. The van der Waals surface area contributed by atoms with Crippen molar-refractivity contribution in [1.82, 2.24) is 0 Å². The summed E-state index contributed by atoms with van der Waals surface area (Å²) in [6, 6.07) is 0. The van der Waals surface area contributed by atoms with Gasteiger partial charge >= 0.3 is 0 Å². The Kier molecular flexibility index (Phi) is 13.3. The van der Waals surface area contributed by atoms with Crippen molar-refractivity contribution in [2.24, 2.45) is 0 Å². The van der Waals surface area contributed by atoms with Gasteiger partial charge in [0.1, 0.15) is 0 Å². The summed E-state index contributed by atoms with van der Waals surface area (Å²) in [6.07, 6.45) is 25.5. The van der Waals surface area contributed by atoms with E-state index in [9.17, 15) is 0 Å². The minimum Gasteiger partial charge on any atom is -0.119 e. The van der Waals surface area contributed by atoms with Gasteiger partial charge in [0.2, 0.25) is 0 Å². The van der Waals surface area contributed by atoms with Crippen LogP contribution in [-0.2, 0) is 0 Å². The summed E-state index contributed by atoms with van der Waals surface area (Å²) in [5.74, 6) is 0. The zero-order valence-corrected chi connectivity index (χ0v) is 15.1. The molecule has 0 aromatic rings. The lowest BCUT2D eigenvalue weighted by Gasteiger charge is -2.16. The maximum absolute atomic E-state index is 2.31. The van der Waals surface area contributed by atoms with Crippen LogP contribution in [0.15, 0.2) is 0 Å². The molecule has 0 N–H and O–H groups in total. The summed E-state index contributed by atoms with van der Waals surface area (Å²) in [4.78, 5) is 0. The third-order valence-electron chi connectivity index (χ3n) is 4.82. The highest BCUT2D eigenvalue weighted by Crippen LogP contribution is 2.31. The molecule has 0 spiro atoms. The van der Waals surface area contributed by atoms with Crippen LogP contribution in [-0.4, -0.2) is 11.8 Å². The summed E-state index contributed by atoms with van der Waals surface area (Å²) in [7, 11) is 1.28. The molecule has 1 aliphatic rings. The van der Waals surface area contributed by atoms with E-state index in [4.69, 9.17) is 0 Å². The lowest BCUT2D eigenvalue weighted by Crippen LogP contribution is -2.02. The van der Waals surface area contributed by atoms with Crippen LogP contribution in [0.2, 0.25) is 0 Å². The Bertz CT molecular complexity index is 178. The Morgan fingerprint density at radius 2 is 1.15 bits per heavy atom. The van der Waals surface area contributed by atoms with Crippen molar-refractivity contribution in [2.75, 3.05) is 6.16 Å². The molecule has 0 amide bonds. The fourth-order valence-electron chi connectivity index (χ4n) is 3.40. The molecule has 1 rings (SSSR count). The lowest BCUT2D eigenvalue weighted by molar-refractivity contribution is 0.585. The van der Waals surface area contributed by atoms with E-state index in [-0.39, 0.29) is 0 Å². The maximum Gasteiger partial charge on any atom is -0.0237 e. The minimum atomic E-state index is 1.10. The van der Waals surface area contributed by atoms with Crippen LogP contribution < -0.4 is 0 Å². The average molecular weight is 298 g/mol. The van der Waals surface area contributed by atoms with Gasteiger partial charge in [-0.3, -0.25) is 0 Å². The SMILES string of the molecule is CCCCCCCCPC1CCCCCCCCCC1. The Balaban J connectivity index is 2.02. The first kappa shape index (κ1) is 18.5. The maximum atomic E-state index is 2.31. The third-order valence-corrected chi connectivity index (χ3v) is 6.62. The van der Waals surface area contributed by atoms with Crippen molar-refractivity contribution in [1.29, 1.82) is 0 Å². The minimum absolute atomic E-state index is 1.10. The average Bonchev–Trinajstić information content (AvgIpc) is 2.52. The van der Waals surface area contributed by atoms with E-state index in [1.54, 1.807) is 12.8 Å². The molecule has 0 nitrogen and oxygen atoms in total. The summed E-state index contributed by atoms with van der Waals surface area (Å²) in [5, 5.41) is 0. The summed E-state index contributed by atoms with van der Waals surface area (Å²) in [6.45, 7) is 2.31. The second-order valence-corrected chi connectivity index (χ2v) is 8.55. The quantitative estimate of drug-likeness (QED) is 0.325. The van der Waals surface area contributed by atoms with Crippen LogP contribution in [0.1, 0.15) is 110 Å². The molecule has 0 aliphatic heterocycles. The Hall–Kier alpha value is 0.430. The fraction of sp³-hybridized carbons (Fsp3) is 1.00. The molecule has 0 saturated heterocycles. The van der Waals surface area contributed by atoms with Crippen molar-refractivity contribution >= 4 is 8.58 Å². The molecule has 0 aromatic carbocycles. The Morgan fingerprint density at radius 1 is 0.650 bits per heavy atom. The van der Waals surface area contributed by atoms with Gasteiger partial charge in [-0.25, -0.2) is 0 Å². The molecular weight excluding hydrogens is 259 g/mol. The fourth-order valence-corrected chi connectivity index (χ4v) is 5.08. The van der Waals surface area contributed by atoms with Gasteiger partial charge in [0.15, 0.2) is 0 Å². The van der Waals surface area contributed by atoms with E-state index < -0.39 is 0 Å². The van der Waals surface area contributed by atoms with E-state index in [1.807, 2.05) is 0 Å². The Morgan fingerprint density at radius 3 is 1.75 bits per heavy atom. The van der Waals surface area contributed by atoms with Crippen LogP contribution in [0, 0.1) is 0 Å². The second kappa shape index (κ2) is 14.4. The molecule has 0 radical (unpaired) electrons. The van der Waals surface area contributed by atoms with E-state index >= 15 is 0 Å². The molecule has 1 aliphatic carbocycles. The molecule has 120 valence electrons. The summed E-state index contributed by atoms with van der Waals surface area (Å²) < 4.78 is 0. The Labute approximate surface area is 130 Å². The monoisotopic (exact) mass is 298 g/mol. The predicted molar refractivity (Wildman–Crippen MR) is 96.5 cm³/mol. The first-order valence-electron chi connectivity index (χ1n) is 9.67. The number of hydrogen-bond donors (Lipinski definition) is 0. The highest BCUT2D eigenvalue weighted by molar-refractivity contribution is 7.38. The van der Waals surface area contributed by atoms with Crippen molar-refractivity contribution in [3.05, 3.63) is 0 Å². The van der Waals surface area contributed by atoms with E-state index in [2.05, 4.69) is 6.92 Å².